The molecule has 1 unspecified atom stereocenters. The average Bonchev–Trinajstić information content (AvgIpc) is 2.83. The summed E-state index contributed by atoms with van der Waals surface area (Å²) >= 11 is 6.25. The highest BCUT2D eigenvalue weighted by Gasteiger charge is 2.40. The quantitative estimate of drug-likeness (QED) is 0.404. The molecule has 0 radical (unpaired) electrons. The lowest BCUT2D eigenvalue weighted by Gasteiger charge is -2.44. The summed E-state index contributed by atoms with van der Waals surface area (Å²) in [7, 11) is 1.29. The van der Waals surface area contributed by atoms with E-state index in [2.05, 4.69) is 20.3 Å². The largest absolute Gasteiger partial charge is 0.465 e. The molecule has 0 saturated carbocycles. The summed E-state index contributed by atoms with van der Waals surface area (Å²) in [6, 6.07) is 11.3. The fraction of sp³-hybridized carbons (Fsp3) is 0.400. The molecule has 0 spiro atoms. The predicted molar refractivity (Wildman–Crippen MR) is 132 cm³/mol. The Labute approximate surface area is 208 Å². The third kappa shape index (κ3) is 5.30. The van der Waals surface area contributed by atoms with Gasteiger partial charge >= 0.3 is 12.1 Å². The number of hydrogen-bond acceptors (Lipinski definition) is 8. The average molecular weight is 498 g/mol. The summed E-state index contributed by atoms with van der Waals surface area (Å²) in [5, 5.41) is 3.65. The number of nitrogens with zero attached hydrogens (tertiary/aromatic N) is 4. The molecule has 0 aliphatic carbocycles. The van der Waals surface area contributed by atoms with Gasteiger partial charge < -0.3 is 19.7 Å². The molecule has 3 aromatic rings. The summed E-state index contributed by atoms with van der Waals surface area (Å²) < 4.78 is 10.5. The van der Waals surface area contributed by atoms with Crippen LogP contribution in [0.3, 0.4) is 0 Å². The highest BCUT2D eigenvalue weighted by Crippen LogP contribution is 2.37. The molecule has 184 valence electrons. The maximum Gasteiger partial charge on any atom is 0.410 e. The topological polar surface area (TPSA) is 107 Å². The monoisotopic (exact) mass is 497 g/mol. The van der Waals surface area contributed by atoms with Gasteiger partial charge in [0.05, 0.1) is 24.8 Å². The van der Waals surface area contributed by atoms with Crippen molar-refractivity contribution >= 4 is 40.5 Å². The maximum atomic E-state index is 13.0. The zero-order valence-electron chi connectivity index (χ0n) is 20.2. The first kappa shape index (κ1) is 24.7. The van der Waals surface area contributed by atoms with Gasteiger partial charge in [-0.05, 0) is 45.2 Å². The van der Waals surface area contributed by atoms with Crippen LogP contribution in [0.25, 0.3) is 11.0 Å². The van der Waals surface area contributed by atoms with Gasteiger partial charge in [-0.3, -0.25) is 0 Å². The number of ether oxygens (including phenoxy) is 2. The Morgan fingerprint density at radius 3 is 2.57 bits per heavy atom. The molecule has 9 nitrogen and oxygen atoms in total. The molecule has 2 aromatic heterocycles. The minimum atomic E-state index is -0.687. The van der Waals surface area contributed by atoms with E-state index in [0.29, 0.717) is 29.9 Å². The normalized spacial score (nSPS) is 18.3. The van der Waals surface area contributed by atoms with E-state index in [0.717, 1.165) is 18.4 Å². The molecular formula is C25H28ClN5O4. The molecule has 1 atom stereocenters. The van der Waals surface area contributed by atoms with Crippen LogP contribution in [0.15, 0.2) is 42.7 Å². The molecule has 3 heterocycles. The minimum absolute atomic E-state index is 0.114. The van der Waals surface area contributed by atoms with Crippen molar-refractivity contribution in [2.24, 2.45) is 0 Å². The van der Waals surface area contributed by atoms with E-state index < -0.39 is 17.1 Å². The van der Waals surface area contributed by atoms with Crippen molar-refractivity contribution in [3.63, 3.8) is 0 Å². The van der Waals surface area contributed by atoms with Crippen molar-refractivity contribution < 1.29 is 19.1 Å². The first-order valence-corrected chi connectivity index (χ1v) is 11.7. The highest BCUT2D eigenvalue weighted by molar-refractivity contribution is 6.30. The number of piperidine rings is 1. The lowest BCUT2D eigenvalue weighted by molar-refractivity contribution is 0.0152. The third-order valence-electron chi connectivity index (χ3n) is 5.79. The van der Waals surface area contributed by atoms with Gasteiger partial charge in [0.25, 0.3) is 0 Å². The van der Waals surface area contributed by atoms with Crippen LogP contribution >= 0.6 is 11.6 Å². The number of aromatic nitrogens is 3. The lowest BCUT2D eigenvalue weighted by Crippen LogP contribution is -2.53. The van der Waals surface area contributed by atoms with Gasteiger partial charge in [0.15, 0.2) is 5.82 Å². The maximum absolute atomic E-state index is 13.0. The summed E-state index contributed by atoms with van der Waals surface area (Å²) in [5.74, 6) is -0.173. The number of benzene rings is 1. The SMILES string of the molecule is COC(=O)c1cc(Cl)nc2c(NC3(c4ccccc4)CCCN(C(=O)OC(C)(C)C)C3)ncnc12. The van der Waals surface area contributed by atoms with Crippen molar-refractivity contribution in [1.82, 2.24) is 19.9 Å². The first-order valence-electron chi connectivity index (χ1n) is 11.3. The summed E-state index contributed by atoms with van der Waals surface area (Å²) in [6.07, 6.45) is 2.46. The number of pyridine rings is 1. The van der Waals surface area contributed by atoms with Gasteiger partial charge in [-0.15, -0.1) is 0 Å². The Bertz CT molecular complexity index is 1250. The number of fused-ring (bicyclic) bond motifs is 1. The number of likely N-dealkylation sites (tertiary alicyclic amines) is 1. The zero-order chi connectivity index (χ0) is 25.2. The van der Waals surface area contributed by atoms with Crippen molar-refractivity contribution in [2.75, 3.05) is 25.5 Å². The minimum Gasteiger partial charge on any atom is -0.465 e. The van der Waals surface area contributed by atoms with Gasteiger partial charge in [-0.25, -0.2) is 24.5 Å². The van der Waals surface area contributed by atoms with Crippen molar-refractivity contribution in [3.8, 4) is 0 Å². The Balaban J connectivity index is 1.79. The second-order valence-corrected chi connectivity index (χ2v) is 9.87. The molecule has 35 heavy (non-hydrogen) atoms. The second-order valence-electron chi connectivity index (χ2n) is 9.48. The number of amides is 1. The number of methoxy groups -OCH3 is 1. The number of esters is 1. The Kier molecular flexibility index (Phi) is 6.80. The van der Waals surface area contributed by atoms with Crippen LogP contribution in [0, 0.1) is 0 Å². The number of halogens is 1. The molecule has 10 heteroatoms. The number of carbonyl (C=O) groups excluding carboxylic acids is 2. The van der Waals surface area contributed by atoms with Gasteiger partial charge in [0.2, 0.25) is 0 Å². The van der Waals surface area contributed by atoms with Crippen LogP contribution < -0.4 is 5.32 Å². The standard InChI is InChI=1S/C25H28ClN5O4/c1-24(2,3)35-23(33)31-12-8-11-25(14-31,16-9-6-5-7-10-16)30-21-20-19(27-15-28-21)17(22(32)34-4)13-18(26)29-20/h5-7,9-10,13,15H,8,11-12,14H2,1-4H3,(H,27,28,30). The molecule has 1 saturated heterocycles. The fourth-order valence-corrected chi connectivity index (χ4v) is 4.49. The van der Waals surface area contributed by atoms with E-state index in [1.807, 2.05) is 51.1 Å². The van der Waals surface area contributed by atoms with Gasteiger partial charge in [-0.1, -0.05) is 41.9 Å². The van der Waals surface area contributed by atoms with Crippen LogP contribution in [0.5, 0.6) is 0 Å². The molecule has 1 amide bonds. The van der Waals surface area contributed by atoms with Crippen LogP contribution in [-0.2, 0) is 15.0 Å². The smallest absolute Gasteiger partial charge is 0.410 e. The third-order valence-corrected chi connectivity index (χ3v) is 5.99. The molecule has 1 N–H and O–H groups in total. The molecule has 1 aromatic carbocycles. The van der Waals surface area contributed by atoms with Crippen molar-refractivity contribution in [1.29, 1.82) is 0 Å². The lowest BCUT2D eigenvalue weighted by atomic mass is 9.82. The number of hydrogen-bond donors (Lipinski definition) is 1. The van der Waals surface area contributed by atoms with Crippen LogP contribution in [-0.4, -0.2) is 57.7 Å². The number of nitrogens with one attached hydrogen (secondary N) is 1. The first-order chi connectivity index (χ1) is 16.6. The highest BCUT2D eigenvalue weighted by atomic mass is 35.5. The molecular weight excluding hydrogens is 470 g/mol. The van der Waals surface area contributed by atoms with E-state index in [1.54, 1.807) is 4.90 Å². The zero-order valence-corrected chi connectivity index (χ0v) is 20.9. The van der Waals surface area contributed by atoms with Crippen LogP contribution in [0.4, 0.5) is 10.6 Å². The van der Waals surface area contributed by atoms with Gasteiger partial charge in [0, 0.05) is 6.54 Å². The summed E-state index contributed by atoms with van der Waals surface area (Å²) in [6.45, 7) is 6.46. The van der Waals surface area contributed by atoms with Crippen molar-refractivity contribution in [3.05, 3.63) is 59.0 Å². The van der Waals surface area contributed by atoms with E-state index in [9.17, 15) is 9.59 Å². The van der Waals surface area contributed by atoms with Gasteiger partial charge in [0.1, 0.15) is 28.1 Å². The summed E-state index contributed by atoms with van der Waals surface area (Å²) in [5.41, 5.74) is 0.543. The van der Waals surface area contributed by atoms with E-state index in [1.165, 1.54) is 19.5 Å². The Morgan fingerprint density at radius 1 is 1.14 bits per heavy atom. The molecule has 1 aliphatic rings. The van der Waals surface area contributed by atoms with Crippen molar-refractivity contribution in [2.45, 2.75) is 44.8 Å². The predicted octanol–water partition coefficient (Wildman–Crippen LogP) is 4.80. The van der Waals surface area contributed by atoms with Crippen LogP contribution in [0.2, 0.25) is 5.15 Å². The Hall–Kier alpha value is -3.46. The van der Waals surface area contributed by atoms with E-state index in [4.69, 9.17) is 21.1 Å². The molecule has 0 bridgehead atoms. The molecule has 1 fully saturated rings. The second kappa shape index (κ2) is 9.65. The summed E-state index contributed by atoms with van der Waals surface area (Å²) in [4.78, 5) is 40.1. The van der Waals surface area contributed by atoms with Crippen LogP contribution in [0.1, 0.15) is 49.5 Å². The molecule has 4 rings (SSSR count). The van der Waals surface area contributed by atoms with E-state index >= 15 is 0 Å². The fourth-order valence-electron chi connectivity index (χ4n) is 4.30. The number of rotatable bonds is 4. The number of carbonyl (C=O) groups is 2. The van der Waals surface area contributed by atoms with Gasteiger partial charge in [-0.2, -0.15) is 0 Å². The van der Waals surface area contributed by atoms with E-state index in [-0.39, 0.29) is 16.8 Å². The Morgan fingerprint density at radius 2 is 1.89 bits per heavy atom. The molecule has 1 aliphatic heterocycles. The number of anilines is 1.